The van der Waals surface area contributed by atoms with Crippen LogP contribution in [-0.4, -0.2) is 51.8 Å². The normalized spacial score (nSPS) is 23.6. The highest BCUT2D eigenvalue weighted by atomic mass is 32.1. The number of hydrogen-bond donors (Lipinski definition) is 1. The number of thiazole rings is 1. The molecule has 2 atom stereocenters. The fourth-order valence-corrected chi connectivity index (χ4v) is 4.56. The molecule has 1 N–H and O–H groups in total. The molecule has 27 heavy (non-hydrogen) atoms. The first-order valence-electron chi connectivity index (χ1n) is 9.06. The number of carbonyl (C=O) groups is 3. The number of nitrogens with one attached hydrogen (secondary N) is 1. The number of nitrogens with zero attached hydrogens (tertiary/aromatic N) is 3. The van der Waals surface area contributed by atoms with Gasteiger partial charge in [-0.1, -0.05) is 12.1 Å². The summed E-state index contributed by atoms with van der Waals surface area (Å²) in [5, 5.41) is 3.60. The second kappa shape index (κ2) is 6.30. The lowest BCUT2D eigenvalue weighted by Crippen LogP contribution is -2.47. The highest BCUT2D eigenvalue weighted by Gasteiger charge is 2.56. The highest BCUT2D eigenvalue weighted by molar-refractivity contribution is 7.18. The molecule has 0 bridgehead atoms. The number of fused-ring (bicyclic) bond motifs is 1. The van der Waals surface area contributed by atoms with E-state index in [2.05, 4.69) is 10.3 Å². The van der Waals surface area contributed by atoms with Crippen molar-refractivity contribution in [3.63, 3.8) is 0 Å². The third-order valence-electron chi connectivity index (χ3n) is 5.63. The smallest absolute Gasteiger partial charge is 0.325 e. The Kier molecular flexibility index (Phi) is 4.18. The lowest BCUT2D eigenvalue weighted by molar-refractivity contribution is -0.139. The molecule has 2 aromatic rings. The SMILES string of the molecule is C[C@@H](c1nc2ccccc2s1)N(C)C(=O)CN1C(=O)N[C@](C)(C2CC2)C1=O. The first-order chi connectivity index (χ1) is 12.8. The van der Waals surface area contributed by atoms with E-state index in [0.717, 1.165) is 33.0 Å². The molecule has 142 valence electrons. The standard InChI is InChI=1S/C19H22N4O3S/c1-11(16-20-13-6-4-5-7-14(13)27-16)22(3)15(24)10-23-17(25)19(2,12-8-9-12)21-18(23)26/h4-7,11-12H,8-10H2,1-3H3,(H,21,26)/t11-,19+/m0/s1. The lowest BCUT2D eigenvalue weighted by atomic mass is 9.96. The van der Waals surface area contributed by atoms with Crippen molar-refractivity contribution in [1.29, 1.82) is 0 Å². The van der Waals surface area contributed by atoms with Gasteiger partial charge in [-0.05, 0) is 44.7 Å². The number of amides is 4. The van der Waals surface area contributed by atoms with Gasteiger partial charge < -0.3 is 10.2 Å². The molecule has 1 aromatic carbocycles. The van der Waals surface area contributed by atoms with Crippen LogP contribution >= 0.6 is 11.3 Å². The average molecular weight is 386 g/mol. The van der Waals surface area contributed by atoms with Gasteiger partial charge in [0.05, 0.1) is 16.3 Å². The lowest BCUT2D eigenvalue weighted by Gasteiger charge is -2.25. The second-order valence-electron chi connectivity index (χ2n) is 7.50. The molecule has 1 aromatic heterocycles. The van der Waals surface area contributed by atoms with E-state index in [1.54, 1.807) is 30.2 Å². The maximum absolute atomic E-state index is 12.7. The molecule has 8 heteroatoms. The molecule has 2 fully saturated rings. The van der Waals surface area contributed by atoms with E-state index in [4.69, 9.17) is 0 Å². The first-order valence-corrected chi connectivity index (χ1v) is 9.88. The summed E-state index contributed by atoms with van der Waals surface area (Å²) >= 11 is 1.54. The van der Waals surface area contributed by atoms with E-state index in [1.807, 2.05) is 31.2 Å². The van der Waals surface area contributed by atoms with Gasteiger partial charge in [0, 0.05) is 7.05 Å². The summed E-state index contributed by atoms with van der Waals surface area (Å²) in [6.45, 7) is 3.40. The molecular weight excluding hydrogens is 364 g/mol. The minimum Gasteiger partial charge on any atom is -0.335 e. The van der Waals surface area contributed by atoms with Gasteiger partial charge in [0.1, 0.15) is 17.1 Å². The summed E-state index contributed by atoms with van der Waals surface area (Å²) in [5.41, 5.74) is 0.0358. The average Bonchev–Trinajstić information content (AvgIpc) is 3.38. The molecule has 1 aliphatic carbocycles. The van der Waals surface area contributed by atoms with E-state index in [0.29, 0.717) is 0 Å². The Morgan fingerprint density at radius 2 is 2.11 bits per heavy atom. The van der Waals surface area contributed by atoms with Crippen LogP contribution in [0.4, 0.5) is 4.79 Å². The number of rotatable bonds is 5. The summed E-state index contributed by atoms with van der Waals surface area (Å²) in [4.78, 5) is 44.9. The monoisotopic (exact) mass is 386 g/mol. The number of hydrogen-bond acceptors (Lipinski definition) is 5. The molecule has 0 unspecified atom stereocenters. The van der Waals surface area contributed by atoms with Crippen molar-refractivity contribution in [2.24, 2.45) is 5.92 Å². The molecular formula is C19H22N4O3S. The van der Waals surface area contributed by atoms with E-state index < -0.39 is 11.6 Å². The van der Waals surface area contributed by atoms with E-state index in [1.165, 1.54) is 0 Å². The second-order valence-corrected chi connectivity index (χ2v) is 8.56. The van der Waals surface area contributed by atoms with Crippen LogP contribution in [0.15, 0.2) is 24.3 Å². The summed E-state index contributed by atoms with van der Waals surface area (Å²) < 4.78 is 1.06. The van der Waals surface area contributed by atoms with Crippen LogP contribution in [-0.2, 0) is 9.59 Å². The van der Waals surface area contributed by atoms with Crippen LogP contribution in [0, 0.1) is 5.92 Å². The van der Waals surface area contributed by atoms with Gasteiger partial charge in [-0.15, -0.1) is 11.3 Å². The van der Waals surface area contributed by atoms with Crippen LogP contribution in [0.5, 0.6) is 0 Å². The van der Waals surface area contributed by atoms with Crippen molar-refractivity contribution >= 4 is 39.4 Å². The Labute approximate surface area is 161 Å². The molecule has 7 nitrogen and oxygen atoms in total. The van der Waals surface area contributed by atoms with Gasteiger partial charge in [-0.25, -0.2) is 9.78 Å². The quantitative estimate of drug-likeness (QED) is 0.801. The topological polar surface area (TPSA) is 82.6 Å². The Balaban J connectivity index is 1.47. The van der Waals surface area contributed by atoms with E-state index >= 15 is 0 Å². The number of aromatic nitrogens is 1. The number of likely N-dealkylation sites (N-methyl/N-ethyl adjacent to an activating group) is 1. The summed E-state index contributed by atoms with van der Waals surface area (Å²) in [6, 6.07) is 7.10. The Morgan fingerprint density at radius 1 is 1.41 bits per heavy atom. The van der Waals surface area contributed by atoms with E-state index in [-0.39, 0.29) is 30.3 Å². The number of urea groups is 1. The molecule has 2 heterocycles. The number of imide groups is 1. The van der Waals surface area contributed by atoms with Gasteiger partial charge in [-0.3, -0.25) is 14.5 Å². The van der Waals surface area contributed by atoms with Crippen molar-refractivity contribution in [3.8, 4) is 0 Å². The number of benzene rings is 1. The summed E-state index contributed by atoms with van der Waals surface area (Å²) in [7, 11) is 1.68. The summed E-state index contributed by atoms with van der Waals surface area (Å²) in [6.07, 6.45) is 1.86. The largest absolute Gasteiger partial charge is 0.335 e. The van der Waals surface area contributed by atoms with Crippen LogP contribution in [0.3, 0.4) is 0 Å². The minimum atomic E-state index is -0.866. The molecule has 0 radical (unpaired) electrons. The molecule has 1 aliphatic heterocycles. The predicted molar refractivity (Wildman–Crippen MR) is 102 cm³/mol. The Bertz CT molecular complexity index is 905. The molecule has 4 amide bonds. The molecule has 1 saturated heterocycles. The van der Waals surface area contributed by atoms with E-state index in [9.17, 15) is 14.4 Å². The van der Waals surface area contributed by atoms with Crippen molar-refractivity contribution < 1.29 is 14.4 Å². The van der Waals surface area contributed by atoms with Crippen molar-refractivity contribution in [1.82, 2.24) is 20.1 Å². The van der Waals surface area contributed by atoms with Gasteiger partial charge in [0.15, 0.2) is 0 Å². The fraction of sp³-hybridized carbons (Fsp3) is 0.474. The Hall–Kier alpha value is -2.48. The predicted octanol–water partition coefficient (Wildman–Crippen LogP) is 2.54. The molecule has 2 aliphatic rings. The zero-order valence-electron chi connectivity index (χ0n) is 15.6. The summed E-state index contributed by atoms with van der Waals surface area (Å²) in [5.74, 6) is -0.414. The minimum absolute atomic E-state index is 0.174. The highest BCUT2D eigenvalue weighted by Crippen LogP contribution is 2.42. The van der Waals surface area contributed by atoms with Gasteiger partial charge >= 0.3 is 6.03 Å². The van der Waals surface area contributed by atoms with Crippen LogP contribution in [0.2, 0.25) is 0 Å². The molecule has 4 rings (SSSR count). The Morgan fingerprint density at radius 3 is 2.78 bits per heavy atom. The molecule has 1 saturated carbocycles. The van der Waals surface area contributed by atoms with Crippen LogP contribution in [0.1, 0.15) is 37.7 Å². The van der Waals surface area contributed by atoms with Gasteiger partial charge in [0.2, 0.25) is 5.91 Å². The van der Waals surface area contributed by atoms with Crippen LogP contribution < -0.4 is 5.32 Å². The maximum atomic E-state index is 12.7. The zero-order chi connectivity index (χ0) is 19.3. The van der Waals surface area contributed by atoms with Gasteiger partial charge in [0.25, 0.3) is 5.91 Å². The van der Waals surface area contributed by atoms with Crippen molar-refractivity contribution in [3.05, 3.63) is 29.3 Å². The van der Waals surface area contributed by atoms with Crippen LogP contribution in [0.25, 0.3) is 10.2 Å². The molecule has 0 spiro atoms. The first kappa shape index (κ1) is 17.9. The van der Waals surface area contributed by atoms with Crippen molar-refractivity contribution in [2.75, 3.05) is 13.6 Å². The third kappa shape index (κ3) is 2.97. The van der Waals surface area contributed by atoms with Crippen molar-refractivity contribution in [2.45, 2.75) is 38.3 Å². The number of carbonyl (C=O) groups excluding carboxylic acids is 3. The zero-order valence-corrected chi connectivity index (χ0v) is 16.4. The fourth-order valence-electron chi connectivity index (χ4n) is 3.49. The van der Waals surface area contributed by atoms with Gasteiger partial charge in [-0.2, -0.15) is 0 Å². The third-order valence-corrected chi connectivity index (χ3v) is 6.84. The maximum Gasteiger partial charge on any atom is 0.325 e. The number of para-hydroxylation sites is 1.